The molecular weight excluding hydrogens is 328 g/mol. The van der Waals surface area contributed by atoms with Crippen molar-refractivity contribution in [1.82, 2.24) is 4.90 Å². The first-order chi connectivity index (χ1) is 12.7. The Kier molecular flexibility index (Phi) is 7.23. The average Bonchev–Trinajstić information content (AvgIpc) is 2.69. The molecule has 5 nitrogen and oxygen atoms in total. The fourth-order valence-corrected chi connectivity index (χ4v) is 3.76. The number of nitrogens with zero attached hydrogens (tertiary/aromatic N) is 1. The average molecular weight is 359 g/mol. The van der Waals surface area contributed by atoms with E-state index in [0.717, 1.165) is 51.2 Å². The van der Waals surface area contributed by atoms with E-state index < -0.39 is 6.10 Å². The lowest BCUT2D eigenvalue weighted by Gasteiger charge is -2.33. The van der Waals surface area contributed by atoms with Gasteiger partial charge in [0, 0.05) is 12.2 Å². The van der Waals surface area contributed by atoms with Crippen molar-refractivity contribution < 1.29 is 19.5 Å². The molecule has 0 saturated carbocycles. The molecule has 26 heavy (non-hydrogen) atoms. The third-order valence-corrected chi connectivity index (χ3v) is 5.34. The molecule has 1 aromatic rings. The number of ether oxygens (including phenoxy) is 1. The molecule has 2 atom stereocenters. The van der Waals surface area contributed by atoms with Crippen LogP contribution in [0, 0.1) is 5.92 Å². The highest BCUT2D eigenvalue weighted by molar-refractivity contribution is 5.94. The number of aliphatic hydroxyl groups excluding tert-OH is 1. The summed E-state index contributed by atoms with van der Waals surface area (Å²) in [6, 6.07) is 9.45. The van der Waals surface area contributed by atoms with Crippen LogP contribution in [0.1, 0.15) is 29.6 Å². The van der Waals surface area contributed by atoms with E-state index in [2.05, 4.69) is 12.2 Å². The summed E-state index contributed by atoms with van der Waals surface area (Å²) < 4.78 is 5.73. The summed E-state index contributed by atoms with van der Waals surface area (Å²) in [6.07, 6.45) is 7.46. The molecule has 1 amide bonds. The van der Waals surface area contributed by atoms with E-state index in [1.807, 2.05) is 35.2 Å². The number of benzene rings is 1. The maximum Gasteiger partial charge on any atom is 0.254 e. The van der Waals surface area contributed by atoms with Gasteiger partial charge in [-0.2, -0.15) is 0 Å². The van der Waals surface area contributed by atoms with Gasteiger partial charge in [0.2, 0.25) is 0 Å². The lowest BCUT2D eigenvalue weighted by Crippen LogP contribution is -3.15. The first-order valence-electron chi connectivity index (χ1n) is 9.81. The van der Waals surface area contributed by atoms with E-state index in [9.17, 15) is 9.90 Å². The number of hydrogen-bond acceptors (Lipinski definition) is 3. The Bertz CT molecular complexity index is 582. The Morgan fingerprint density at radius 3 is 2.69 bits per heavy atom. The lowest BCUT2D eigenvalue weighted by molar-refractivity contribution is -0.907. The number of carbonyl (C=O) groups excluding carboxylic acids is 1. The number of quaternary nitrogens is 1. The van der Waals surface area contributed by atoms with Crippen molar-refractivity contribution in [1.29, 1.82) is 0 Å². The Balaban J connectivity index is 1.33. The molecule has 0 spiro atoms. The van der Waals surface area contributed by atoms with Crippen molar-refractivity contribution in [2.24, 2.45) is 5.92 Å². The van der Waals surface area contributed by atoms with E-state index in [1.54, 1.807) is 0 Å². The second-order valence-electron chi connectivity index (χ2n) is 7.45. The van der Waals surface area contributed by atoms with Crippen molar-refractivity contribution in [3.63, 3.8) is 0 Å². The standard InChI is InChI=1S/C21H30N2O3/c24-20(17-26-16-18-7-3-1-4-8-18)15-22-11-13-23(14-12-22)21(25)19-9-5-2-6-10-19/h1-3,5-6,9-10,18,20,24H,4,7-8,11-17H2/p+1/t18-,20-/m0/s1. The van der Waals surface area contributed by atoms with Crippen LogP contribution in [0.5, 0.6) is 0 Å². The van der Waals surface area contributed by atoms with Crippen LogP contribution in [0.2, 0.25) is 0 Å². The highest BCUT2D eigenvalue weighted by Gasteiger charge is 2.26. The van der Waals surface area contributed by atoms with Gasteiger partial charge in [-0.05, 0) is 37.3 Å². The Hall–Kier alpha value is -1.69. The summed E-state index contributed by atoms with van der Waals surface area (Å²) in [5.74, 6) is 0.710. The number of piperazine rings is 1. The maximum atomic E-state index is 12.5. The molecule has 1 aromatic carbocycles. The van der Waals surface area contributed by atoms with Crippen LogP contribution in [0.15, 0.2) is 42.5 Å². The summed E-state index contributed by atoms with van der Waals surface area (Å²) in [6.45, 7) is 5.09. The van der Waals surface area contributed by atoms with Gasteiger partial charge >= 0.3 is 0 Å². The van der Waals surface area contributed by atoms with E-state index in [0.29, 0.717) is 19.1 Å². The normalized spacial score (nSPS) is 22.3. The molecule has 142 valence electrons. The lowest BCUT2D eigenvalue weighted by atomic mass is 9.95. The zero-order valence-electron chi connectivity index (χ0n) is 15.5. The fraction of sp³-hybridized carbons (Fsp3) is 0.571. The molecule has 5 heteroatoms. The van der Waals surface area contributed by atoms with Crippen molar-refractivity contribution >= 4 is 5.91 Å². The SMILES string of the molecule is O=C(c1ccccc1)N1CC[NH+](C[C@H](O)COC[C@H]2CC=CCC2)CC1. The van der Waals surface area contributed by atoms with Crippen molar-refractivity contribution in [2.75, 3.05) is 45.9 Å². The zero-order valence-corrected chi connectivity index (χ0v) is 15.5. The van der Waals surface area contributed by atoms with Gasteiger partial charge in [0.05, 0.1) is 32.8 Å². The molecule has 0 bridgehead atoms. The monoisotopic (exact) mass is 359 g/mol. The van der Waals surface area contributed by atoms with Crippen LogP contribution in [0.3, 0.4) is 0 Å². The minimum atomic E-state index is -0.430. The van der Waals surface area contributed by atoms with Crippen LogP contribution in [-0.2, 0) is 4.74 Å². The predicted octanol–water partition coefficient (Wildman–Crippen LogP) is 0.761. The summed E-state index contributed by atoms with van der Waals surface area (Å²) in [5.41, 5.74) is 0.752. The van der Waals surface area contributed by atoms with Gasteiger partial charge < -0.3 is 19.6 Å². The zero-order chi connectivity index (χ0) is 18.2. The fourth-order valence-electron chi connectivity index (χ4n) is 3.76. The molecule has 1 fully saturated rings. The van der Waals surface area contributed by atoms with Gasteiger partial charge in [0.1, 0.15) is 12.6 Å². The molecule has 1 heterocycles. The molecule has 1 saturated heterocycles. The van der Waals surface area contributed by atoms with Crippen molar-refractivity contribution in [3.05, 3.63) is 48.0 Å². The van der Waals surface area contributed by atoms with Crippen molar-refractivity contribution in [2.45, 2.75) is 25.4 Å². The minimum Gasteiger partial charge on any atom is -0.385 e. The van der Waals surface area contributed by atoms with Crippen molar-refractivity contribution in [3.8, 4) is 0 Å². The molecule has 0 unspecified atom stereocenters. The summed E-state index contributed by atoms with van der Waals surface area (Å²) in [7, 11) is 0. The van der Waals surface area contributed by atoms with Gasteiger partial charge in [-0.1, -0.05) is 30.4 Å². The number of amides is 1. The topological polar surface area (TPSA) is 54.2 Å². The maximum absolute atomic E-state index is 12.5. The van der Waals surface area contributed by atoms with Crippen LogP contribution in [0.4, 0.5) is 0 Å². The second kappa shape index (κ2) is 9.86. The van der Waals surface area contributed by atoms with E-state index >= 15 is 0 Å². The number of aliphatic hydroxyl groups is 1. The highest BCUT2D eigenvalue weighted by Crippen LogP contribution is 2.18. The minimum absolute atomic E-state index is 0.107. The predicted molar refractivity (Wildman–Crippen MR) is 101 cm³/mol. The van der Waals surface area contributed by atoms with Crippen LogP contribution in [0.25, 0.3) is 0 Å². The molecular formula is C21H31N2O3+. The van der Waals surface area contributed by atoms with Gasteiger partial charge in [-0.25, -0.2) is 0 Å². The van der Waals surface area contributed by atoms with Gasteiger partial charge in [-0.15, -0.1) is 0 Å². The number of nitrogens with one attached hydrogen (secondary N) is 1. The molecule has 2 aliphatic rings. The first-order valence-corrected chi connectivity index (χ1v) is 9.81. The first kappa shape index (κ1) is 19.1. The Morgan fingerprint density at radius 2 is 2.00 bits per heavy atom. The van der Waals surface area contributed by atoms with Crippen LogP contribution >= 0.6 is 0 Å². The summed E-state index contributed by atoms with van der Waals surface area (Å²) >= 11 is 0. The number of hydrogen-bond donors (Lipinski definition) is 2. The molecule has 0 radical (unpaired) electrons. The number of rotatable bonds is 7. The van der Waals surface area contributed by atoms with E-state index in [1.165, 1.54) is 11.3 Å². The summed E-state index contributed by atoms with van der Waals surface area (Å²) in [4.78, 5) is 15.7. The molecule has 1 aliphatic carbocycles. The highest BCUT2D eigenvalue weighted by atomic mass is 16.5. The third-order valence-electron chi connectivity index (χ3n) is 5.34. The molecule has 0 aromatic heterocycles. The molecule has 2 N–H and O–H groups in total. The largest absolute Gasteiger partial charge is 0.385 e. The van der Waals surface area contributed by atoms with Gasteiger partial charge in [0.25, 0.3) is 5.91 Å². The number of carbonyl (C=O) groups is 1. The Labute approximate surface area is 156 Å². The third kappa shape index (κ3) is 5.66. The quantitative estimate of drug-likeness (QED) is 0.707. The molecule has 1 aliphatic heterocycles. The smallest absolute Gasteiger partial charge is 0.254 e. The van der Waals surface area contributed by atoms with E-state index in [-0.39, 0.29) is 5.91 Å². The second-order valence-corrected chi connectivity index (χ2v) is 7.45. The number of allylic oxidation sites excluding steroid dienone is 2. The van der Waals surface area contributed by atoms with Gasteiger partial charge in [-0.3, -0.25) is 4.79 Å². The Morgan fingerprint density at radius 1 is 1.23 bits per heavy atom. The molecule has 3 rings (SSSR count). The summed E-state index contributed by atoms with van der Waals surface area (Å²) in [5, 5.41) is 10.2. The van der Waals surface area contributed by atoms with Crippen LogP contribution in [-0.4, -0.2) is 68.0 Å². The van der Waals surface area contributed by atoms with Crippen LogP contribution < -0.4 is 4.90 Å². The van der Waals surface area contributed by atoms with E-state index in [4.69, 9.17) is 4.74 Å². The van der Waals surface area contributed by atoms with Gasteiger partial charge in [0.15, 0.2) is 0 Å².